The Labute approximate surface area is 180 Å². The Morgan fingerprint density at radius 2 is 1.73 bits per heavy atom. The van der Waals surface area contributed by atoms with E-state index < -0.39 is 0 Å². The number of Topliss-reactive ketones (excluding diaryl/α,β-unsaturated/α-hetero) is 1. The highest BCUT2D eigenvalue weighted by Gasteiger charge is 2.47. The van der Waals surface area contributed by atoms with E-state index >= 15 is 0 Å². The molecular formula is C26H34N2O2. The molecule has 2 heterocycles. The number of rotatable bonds is 3. The number of hydrogen-bond donors (Lipinski definition) is 0. The molecule has 4 heteroatoms. The van der Waals surface area contributed by atoms with Crippen LogP contribution in [0.15, 0.2) is 40.5 Å². The molecule has 1 aromatic rings. The van der Waals surface area contributed by atoms with Crippen molar-refractivity contribution < 1.29 is 9.59 Å². The van der Waals surface area contributed by atoms with Gasteiger partial charge in [0.1, 0.15) is 5.78 Å². The molecule has 4 rings (SSSR count). The SMILES string of the molecule is CCc1ccc([C@@H]2C(C(=O)N3CCCCC3)=C(C)N=C3CC(C)(C)CC(=O)C32)cc1. The quantitative estimate of drug-likeness (QED) is 0.703. The Bertz CT molecular complexity index is 901. The van der Waals surface area contributed by atoms with E-state index in [0.717, 1.165) is 61.3 Å². The van der Waals surface area contributed by atoms with Crippen molar-refractivity contribution in [1.82, 2.24) is 4.90 Å². The zero-order valence-corrected chi connectivity index (χ0v) is 18.8. The molecule has 1 aliphatic carbocycles. The molecule has 0 spiro atoms. The minimum Gasteiger partial charge on any atom is -0.339 e. The Hall–Kier alpha value is -2.23. The molecule has 0 bridgehead atoms. The van der Waals surface area contributed by atoms with Gasteiger partial charge in [0.2, 0.25) is 0 Å². The van der Waals surface area contributed by atoms with E-state index in [1.165, 1.54) is 12.0 Å². The molecule has 1 aromatic carbocycles. The fourth-order valence-corrected chi connectivity index (χ4v) is 5.46. The molecule has 1 unspecified atom stereocenters. The number of carbonyl (C=O) groups is 2. The van der Waals surface area contributed by atoms with Gasteiger partial charge in [0.15, 0.2) is 0 Å². The largest absolute Gasteiger partial charge is 0.339 e. The zero-order valence-electron chi connectivity index (χ0n) is 18.8. The number of ketones is 1. The fraction of sp³-hybridized carbons (Fsp3) is 0.577. The van der Waals surface area contributed by atoms with Crippen molar-refractivity contribution in [2.75, 3.05) is 13.1 Å². The maximum atomic E-state index is 13.7. The standard InChI is InChI=1S/C26H34N2O2/c1-5-18-9-11-19(12-10-18)23-22(25(30)28-13-7-6-8-14-28)17(2)27-20-15-26(3,4)16-21(29)24(20)23/h9-12,23-24H,5-8,13-16H2,1-4H3/t23-,24?/m1/s1. The van der Waals surface area contributed by atoms with Crippen LogP contribution in [0, 0.1) is 11.3 Å². The lowest BCUT2D eigenvalue weighted by Crippen LogP contribution is -2.46. The first kappa shape index (κ1) is 21.0. The Kier molecular flexibility index (Phi) is 5.69. The Morgan fingerprint density at radius 1 is 1.07 bits per heavy atom. The third-order valence-electron chi connectivity index (χ3n) is 6.98. The Morgan fingerprint density at radius 3 is 2.37 bits per heavy atom. The summed E-state index contributed by atoms with van der Waals surface area (Å²) in [4.78, 5) is 33.9. The van der Waals surface area contributed by atoms with Gasteiger partial charge in [0.05, 0.1) is 5.92 Å². The molecule has 30 heavy (non-hydrogen) atoms. The lowest BCUT2D eigenvalue weighted by molar-refractivity contribution is -0.128. The normalized spacial score (nSPS) is 26.3. The van der Waals surface area contributed by atoms with Crippen LogP contribution in [-0.2, 0) is 16.0 Å². The molecule has 0 aromatic heterocycles. The first-order valence-electron chi connectivity index (χ1n) is 11.5. The van der Waals surface area contributed by atoms with Crippen molar-refractivity contribution in [1.29, 1.82) is 0 Å². The van der Waals surface area contributed by atoms with Crippen LogP contribution < -0.4 is 0 Å². The van der Waals surface area contributed by atoms with Crippen LogP contribution in [0.4, 0.5) is 0 Å². The van der Waals surface area contributed by atoms with E-state index in [4.69, 9.17) is 4.99 Å². The first-order chi connectivity index (χ1) is 14.3. The number of aryl methyl sites for hydroxylation is 1. The smallest absolute Gasteiger partial charge is 0.252 e. The van der Waals surface area contributed by atoms with Gasteiger partial charge in [0, 0.05) is 42.4 Å². The summed E-state index contributed by atoms with van der Waals surface area (Å²) in [5, 5.41) is 0. The second-order valence-electron chi connectivity index (χ2n) is 9.99. The van der Waals surface area contributed by atoms with E-state index in [0.29, 0.717) is 6.42 Å². The van der Waals surface area contributed by atoms with Gasteiger partial charge < -0.3 is 4.90 Å². The molecule has 2 atom stereocenters. The molecule has 3 aliphatic rings. The summed E-state index contributed by atoms with van der Waals surface area (Å²) >= 11 is 0. The molecule has 1 saturated carbocycles. The van der Waals surface area contributed by atoms with Crippen molar-refractivity contribution in [2.24, 2.45) is 16.3 Å². The number of allylic oxidation sites excluding steroid dienone is 1. The third kappa shape index (κ3) is 3.89. The van der Waals surface area contributed by atoms with Gasteiger partial charge in [-0.1, -0.05) is 45.0 Å². The van der Waals surface area contributed by atoms with E-state index in [1.807, 2.05) is 11.8 Å². The van der Waals surface area contributed by atoms with Gasteiger partial charge in [-0.15, -0.1) is 0 Å². The van der Waals surface area contributed by atoms with Crippen LogP contribution in [-0.4, -0.2) is 35.4 Å². The summed E-state index contributed by atoms with van der Waals surface area (Å²) in [5.41, 5.74) is 4.77. The number of fused-ring (bicyclic) bond motifs is 1. The summed E-state index contributed by atoms with van der Waals surface area (Å²) in [5.74, 6) is -0.220. The summed E-state index contributed by atoms with van der Waals surface area (Å²) in [6.45, 7) is 9.99. The Balaban J connectivity index is 1.81. The second-order valence-corrected chi connectivity index (χ2v) is 9.99. The van der Waals surface area contributed by atoms with Gasteiger partial charge in [0.25, 0.3) is 5.91 Å². The van der Waals surface area contributed by atoms with Gasteiger partial charge in [-0.05, 0) is 55.6 Å². The summed E-state index contributed by atoms with van der Waals surface area (Å²) in [6, 6.07) is 8.51. The van der Waals surface area contributed by atoms with Crippen LogP contribution in [0.5, 0.6) is 0 Å². The predicted molar refractivity (Wildman–Crippen MR) is 121 cm³/mol. The van der Waals surface area contributed by atoms with Crippen LogP contribution in [0.3, 0.4) is 0 Å². The second kappa shape index (κ2) is 8.13. The van der Waals surface area contributed by atoms with Crippen molar-refractivity contribution in [3.8, 4) is 0 Å². The molecule has 1 amide bonds. The molecule has 2 aliphatic heterocycles. The first-order valence-corrected chi connectivity index (χ1v) is 11.5. The highest BCUT2D eigenvalue weighted by molar-refractivity contribution is 6.12. The number of likely N-dealkylation sites (tertiary alicyclic amines) is 1. The van der Waals surface area contributed by atoms with E-state index in [2.05, 4.69) is 45.0 Å². The number of piperidine rings is 1. The van der Waals surface area contributed by atoms with E-state index in [-0.39, 0.29) is 28.9 Å². The van der Waals surface area contributed by atoms with Crippen molar-refractivity contribution in [3.05, 3.63) is 46.7 Å². The highest BCUT2D eigenvalue weighted by Crippen LogP contribution is 2.47. The predicted octanol–water partition coefficient (Wildman–Crippen LogP) is 5.08. The van der Waals surface area contributed by atoms with Gasteiger partial charge in [-0.2, -0.15) is 0 Å². The maximum Gasteiger partial charge on any atom is 0.252 e. The molecule has 4 nitrogen and oxygen atoms in total. The molecule has 0 N–H and O–H groups in total. The average molecular weight is 407 g/mol. The summed E-state index contributed by atoms with van der Waals surface area (Å²) in [6.07, 6.45) is 5.63. The number of benzene rings is 1. The third-order valence-corrected chi connectivity index (χ3v) is 6.98. The maximum absolute atomic E-state index is 13.7. The molecule has 160 valence electrons. The van der Waals surface area contributed by atoms with Crippen molar-refractivity contribution in [2.45, 2.75) is 72.1 Å². The van der Waals surface area contributed by atoms with E-state index in [1.54, 1.807) is 0 Å². The van der Waals surface area contributed by atoms with Crippen molar-refractivity contribution in [3.63, 3.8) is 0 Å². The van der Waals surface area contributed by atoms with Crippen LogP contribution in [0.1, 0.15) is 76.8 Å². The number of amides is 1. The fourth-order valence-electron chi connectivity index (χ4n) is 5.46. The summed E-state index contributed by atoms with van der Waals surface area (Å²) in [7, 11) is 0. The monoisotopic (exact) mass is 406 g/mol. The zero-order chi connectivity index (χ0) is 21.5. The average Bonchev–Trinajstić information content (AvgIpc) is 2.72. The molecular weight excluding hydrogens is 372 g/mol. The van der Waals surface area contributed by atoms with Gasteiger partial charge in [-0.25, -0.2) is 0 Å². The number of aliphatic imine (C=N–C) groups is 1. The van der Waals surface area contributed by atoms with Crippen molar-refractivity contribution >= 4 is 17.4 Å². The lowest BCUT2D eigenvalue weighted by atomic mass is 9.63. The molecule has 1 saturated heterocycles. The number of hydrogen-bond acceptors (Lipinski definition) is 3. The number of carbonyl (C=O) groups excluding carboxylic acids is 2. The van der Waals surface area contributed by atoms with Crippen LogP contribution >= 0.6 is 0 Å². The number of nitrogens with zero attached hydrogens (tertiary/aromatic N) is 2. The highest BCUT2D eigenvalue weighted by atomic mass is 16.2. The minimum absolute atomic E-state index is 0.0717. The van der Waals surface area contributed by atoms with E-state index in [9.17, 15) is 9.59 Å². The molecule has 0 radical (unpaired) electrons. The van der Waals surface area contributed by atoms with Gasteiger partial charge in [-0.3, -0.25) is 14.6 Å². The lowest BCUT2D eigenvalue weighted by Gasteiger charge is -2.42. The topological polar surface area (TPSA) is 49.7 Å². The van der Waals surface area contributed by atoms with Crippen LogP contribution in [0.25, 0.3) is 0 Å². The van der Waals surface area contributed by atoms with Crippen LogP contribution in [0.2, 0.25) is 0 Å². The molecule has 2 fully saturated rings. The minimum atomic E-state index is -0.307. The summed E-state index contributed by atoms with van der Waals surface area (Å²) < 4.78 is 0. The van der Waals surface area contributed by atoms with Gasteiger partial charge >= 0.3 is 0 Å².